The van der Waals surface area contributed by atoms with E-state index in [-0.39, 0.29) is 5.91 Å². The molecule has 1 fully saturated rings. The molecule has 0 aromatic heterocycles. The molecule has 0 bridgehead atoms. The van der Waals surface area contributed by atoms with Gasteiger partial charge in [0.15, 0.2) is 0 Å². The number of piperidine rings is 1. The Balaban J connectivity index is 1.95. The van der Waals surface area contributed by atoms with Gasteiger partial charge in [0.25, 0.3) is 0 Å². The number of carbonyl (C=O) groups excluding carboxylic acids is 1. The molecule has 4 nitrogen and oxygen atoms in total. The van der Waals surface area contributed by atoms with E-state index in [2.05, 4.69) is 22.9 Å². The topological polar surface area (TPSA) is 53.2 Å². The van der Waals surface area contributed by atoms with Crippen molar-refractivity contribution in [3.05, 3.63) is 23.8 Å². The molecule has 0 spiro atoms. The second-order valence-electron chi connectivity index (χ2n) is 5.29. The molecule has 1 amide bonds. The highest BCUT2D eigenvalue weighted by Gasteiger charge is 2.13. The summed E-state index contributed by atoms with van der Waals surface area (Å²) in [5.41, 5.74) is 3.18. The van der Waals surface area contributed by atoms with Gasteiger partial charge in [0, 0.05) is 24.8 Å². The monoisotopic (exact) mass is 261 g/mol. The van der Waals surface area contributed by atoms with Crippen LogP contribution in [0.1, 0.15) is 25.3 Å². The Morgan fingerprint density at radius 1 is 1.37 bits per heavy atom. The lowest BCUT2D eigenvalue weighted by molar-refractivity contribution is -0.114. The van der Waals surface area contributed by atoms with Crippen LogP contribution in [-0.4, -0.2) is 25.5 Å². The number of carbonyl (C=O) groups is 1. The zero-order valence-electron chi connectivity index (χ0n) is 11.8. The van der Waals surface area contributed by atoms with Crippen molar-refractivity contribution < 1.29 is 4.79 Å². The third-order valence-corrected chi connectivity index (χ3v) is 3.60. The summed E-state index contributed by atoms with van der Waals surface area (Å²) in [6.45, 7) is 6.87. The van der Waals surface area contributed by atoms with Crippen LogP contribution >= 0.6 is 0 Å². The minimum absolute atomic E-state index is 0.0341. The van der Waals surface area contributed by atoms with Crippen LogP contribution in [-0.2, 0) is 4.79 Å². The normalized spacial score (nSPS) is 16.1. The lowest BCUT2D eigenvalue weighted by Gasteiger charge is -2.23. The predicted octanol–water partition coefficient (Wildman–Crippen LogP) is 2.36. The van der Waals surface area contributed by atoms with Gasteiger partial charge in [0.2, 0.25) is 5.91 Å². The molecule has 1 aromatic rings. The average Bonchev–Trinajstić information content (AvgIpc) is 2.40. The van der Waals surface area contributed by atoms with E-state index in [1.165, 1.54) is 25.3 Å². The van der Waals surface area contributed by atoms with E-state index < -0.39 is 0 Å². The van der Waals surface area contributed by atoms with Crippen molar-refractivity contribution in [3.63, 3.8) is 0 Å². The maximum atomic E-state index is 11.1. The van der Waals surface area contributed by atoms with Crippen molar-refractivity contribution in [1.29, 1.82) is 0 Å². The number of hydrogen-bond donors (Lipinski definition) is 3. The van der Waals surface area contributed by atoms with Crippen LogP contribution in [0.25, 0.3) is 0 Å². The molecule has 1 aliphatic heterocycles. The second kappa shape index (κ2) is 6.57. The van der Waals surface area contributed by atoms with Gasteiger partial charge in [0.05, 0.1) is 0 Å². The Labute approximate surface area is 115 Å². The summed E-state index contributed by atoms with van der Waals surface area (Å²) in [6, 6.07) is 5.99. The summed E-state index contributed by atoms with van der Waals surface area (Å²) in [7, 11) is 0. The summed E-state index contributed by atoms with van der Waals surface area (Å²) >= 11 is 0. The van der Waals surface area contributed by atoms with Crippen molar-refractivity contribution in [2.45, 2.75) is 26.7 Å². The first-order valence-electron chi connectivity index (χ1n) is 6.98. The molecule has 1 heterocycles. The van der Waals surface area contributed by atoms with E-state index >= 15 is 0 Å². The summed E-state index contributed by atoms with van der Waals surface area (Å²) in [4.78, 5) is 11.1. The summed E-state index contributed by atoms with van der Waals surface area (Å²) in [5.74, 6) is 0.707. The predicted molar refractivity (Wildman–Crippen MR) is 79.6 cm³/mol. The van der Waals surface area contributed by atoms with Crippen LogP contribution in [0.5, 0.6) is 0 Å². The summed E-state index contributed by atoms with van der Waals surface area (Å²) in [5, 5.41) is 9.72. The zero-order valence-corrected chi connectivity index (χ0v) is 11.8. The smallest absolute Gasteiger partial charge is 0.221 e. The maximum Gasteiger partial charge on any atom is 0.221 e. The number of rotatable bonds is 4. The molecule has 104 valence electrons. The second-order valence-corrected chi connectivity index (χ2v) is 5.29. The first-order chi connectivity index (χ1) is 9.15. The molecule has 3 N–H and O–H groups in total. The number of nitrogens with one attached hydrogen (secondary N) is 3. The van der Waals surface area contributed by atoms with Crippen molar-refractivity contribution in [1.82, 2.24) is 5.32 Å². The number of hydrogen-bond acceptors (Lipinski definition) is 3. The Morgan fingerprint density at radius 2 is 2.11 bits per heavy atom. The molecule has 1 aromatic carbocycles. The molecule has 0 aliphatic carbocycles. The fourth-order valence-corrected chi connectivity index (χ4v) is 2.43. The molecule has 2 rings (SSSR count). The third-order valence-electron chi connectivity index (χ3n) is 3.60. The van der Waals surface area contributed by atoms with Gasteiger partial charge in [-0.15, -0.1) is 0 Å². The fraction of sp³-hybridized carbons (Fsp3) is 0.533. The molecule has 1 saturated heterocycles. The van der Waals surface area contributed by atoms with Crippen molar-refractivity contribution in [3.8, 4) is 0 Å². The molecular weight excluding hydrogens is 238 g/mol. The molecule has 0 unspecified atom stereocenters. The van der Waals surface area contributed by atoms with Crippen molar-refractivity contribution >= 4 is 17.3 Å². The Morgan fingerprint density at radius 3 is 2.79 bits per heavy atom. The Hall–Kier alpha value is -1.55. The number of amides is 1. The lowest BCUT2D eigenvalue weighted by atomic mass is 9.98. The van der Waals surface area contributed by atoms with Gasteiger partial charge < -0.3 is 16.0 Å². The van der Waals surface area contributed by atoms with E-state index in [0.717, 1.165) is 36.9 Å². The average molecular weight is 261 g/mol. The summed E-state index contributed by atoms with van der Waals surface area (Å²) < 4.78 is 0. The molecule has 19 heavy (non-hydrogen) atoms. The van der Waals surface area contributed by atoms with Crippen LogP contribution in [0.4, 0.5) is 11.4 Å². The first kappa shape index (κ1) is 13.9. The molecule has 0 saturated carbocycles. The largest absolute Gasteiger partial charge is 0.384 e. The standard InChI is InChI=1S/C15H23N3O/c1-11-3-4-14(18-12(2)19)9-15(11)17-10-13-5-7-16-8-6-13/h3-4,9,13,16-17H,5-8,10H2,1-2H3,(H,18,19). The van der Waals surface area contributed by atoms with E-state index in [1.54, 1.807) is 0 Å². The van der Waals surface area contributed by atoms with Crippen LogP contribution in [0.2, 0.25) is 0 Å². The molecular formula is C15H23N3O. The van der Waals surface area contributed by atoms with E-state index in [1.807, 2.05) is 18.2 Å². The van der Waals surface area contributed by atoms with Gasteiger partial charge >= 0.3 is 0 Å². The van der Waals surface area contributed by atoms with Crippen LogP contribution in [0.15, 0.2) is 18.2 Å². The van der Waals surface area contributed by atoms with E-state index in [0.29, 0.717) is 0 Å². The van der Waals surface area contributed by atoms with Crippen molar-refractivity contribution in [2.24, 2.45) is 5.92 Å². The molecule has 0 radical (unpaired) electrons. The third kappa shape index (κ3) is 4.24. The highest BCUT2D eigenvalue weighted by molar-refractivity contribution is 5.89. The van der Waals surface area contributed by atoms with Gasteiger partial charge in [-0.05, 0) is 56.5 Å². The number of aryl methyl sites for hydroxylation is 1. The molecule has 1 aliphatic rings. The zero-order chi connectivity index (χ0) is 13.7. The fourth-order valence-electron chi connectivity index (χ4n) is 2.43. The molecule has 4 heteroatoms. The quantitative estimate of drug-likeness (QED) is 0.780. The van der Waals surface area contributed by atoms with Gasteiger partial charge in [-0.2, -0.15) is 0 Å². The van der Waals surface area contributed by atoms with Gasteiger partial charge in [0.1, 0.15) is 0 Å². The van der Waals surface area contributed by atoms with Gasteiger partial charge in [-0.1, -0.05) is 6.07 Å². The highest BCUT2D eigenvalue weighted by atomic mass is 16.1. The molecule has 0 atom stereocenters. The van der Waals surface area contributed by atoms with Crippen LogP contribution < -0.4 is 16.0 Å². The number of anilines is 2. The van der Waals surface area contributed by atoms with E-state index in [4.69, 9.17) is 0 Å². The Bertz CT molecular complexity index is 439. The van der Waals surface area contributed by atoms with Crippen LogP contribution in [0.3, 0.4) is 0 Å². The minimum Gasteiger partial charge on any atom is -0.384 e. The summed E-state index contributed by atoms with van der Waals surface area (Å²) in [6.07, 6.45) is 2.47. The van der Waals surface area contributed by atoms with Crippen molar-refractivity contribution in [2.75, 3.05) is 30.3 Å². The van der Waals surface area contributed by atoms with Gasteiger partial charge in [-0.3, -0.25) is 4.79 Å². The lowest BCUT2D eigenvalue weighted by Crippen LogP contribution is -2.31. The SMILES string of the molecule is CC(=O)Nc1ccc(C)c(NCC2CCNCC2)c1. The van der Waals surface area contributed by atoms with E-state index in [9.17, 15) is 4.79 Å². The minimum atomic E-state index is -0.0341. The number of benzene rings is 1. The maximum absolute atomic E-state index is 11.1. The van der Waals surface area contributed by atoms with Crippen LogP contribution in [0, 0.1) is 12.8 Å². The highest BCUT2D eigenvalue weighted by Crippen LogP contribution is 2.21. The first-order valence-corrected chi connectivity index (χ1v) is 6.98. The Kier molecular flexibility index (Phi) is 4.80. The van der Waals surface area contributed by atoms with Gasteiger partial charge in [-0.25, -0.2) is 0 Å².